The van der Waals surface area contributed by atoms with Crippen LogP contribution in [0.25, 0.3) is 16.8 Å². The number of amides is 1. The van der Waals surface area contributed by atoms with Gasteiger partial charge in [0.25, 0.3) is 5.91 Å². The fourth-order valence-electron chi connectivity index (χ4n) is 2.38. The number of imidazole rings is 1. The van der Waals surface area contributed by atoms with Gasteiger partial charge in [-0.3, -0.25) is 9.20 Å². The van der Waals surface area contributed by atoms with E-state index >= 15 is 0 Å². The first-order valence-electron chi connectivity index (χ1n) is 7.15. The monoisotopic (exact) mass is 320 g/mol. The Hall–Kier alpha value is -3.55. The summed E-state index contributed by atoms with van der Waals surface area (Å²) in [5, 5.41) is 2.67. The quantitative estimate of drug-likeness (QED) is 0.620. The average Bonchev–Trinajstić information content (AvgIpc) is 2.99. The van der Waals surface area contributed by atoms with Gasteiger partial charge >= 0.3 is 0 Å². The number of aromatic nitrogens is 5. The summed E-state index contributed by atoms with van der Waals surface area (Å²) < 4.78 is 7.02. The maximum atomic E-state index is 12.3. The van der Waals surface area contributed by atoms with Gasteiger partial charge in [-0.05, 0) is 24.3 Å². The standard InChI is InChI=1S/C16H12N6O2/c1-24-10-2-3-13-12(8-10)20-16-19-11(5-7-22(13)16)15(23)21-14-4-6-17-9-18-14/h2-9H,1H3,(H,17,18,21,23). The predicted molar refractivity (Wildman–Crippen MR) is 87.0 cm³/mol. The molecule has 8 heteroatoms. The summed E-state index contributed by atoms with van der Waals surface area (Å²) in [6, 6.07) is 8.81. The topological polar surface area (TPSA) is 94.3 Å². The molecule has 1 aromatic carbocycles. The highest BCUT2D eigenvalue weighted by Crippen LogP contribution is 2.21. The molecule has 3 heterocycles. The zero-order valence-electron chi connectivity index (χ0n) is 12.7. The molecule has 0 aliphatic rings. The van der Waals surface area contributed by atoms with Gasteiger partial charge in [-0.15, -0.1) is 0 Å². The van der Waals surface area contributed by atoms with E-state index in [4.69, 9.17) is 4.74 Å². The summed E-state index contributed by atoms with van der Waals surface area (Å²) in [7, 11) is 1.60. The summed E-state index contributed by atoms with van der Waals surface area (Å²) in [6.45, 7) is 0. The van der Waals surface area contributed by atoms with E-state index in [1.165, 1.54) is 6.33 Å². The van der Waals surface area contributed by atoms with Crippen LogP contribution in [0.2, 0.25) is 0 Å². The van der Waals surface area contributed by atoms with Gasteiger partial charge in [0.1, 0.15) is 23.6 Å². The molecule has 0 unspecified atom stereocenters. The van der Waals surface area contributed by atoms with E-state index in [-0.39, 0.29) is 11.6 Å². The summed E-state index contributed by atoms with van der Waals surface area (Å²) in [5.74, 6) is 1.21. The largest absolute Gasteiger partial charge is 0.497 e. The van der Waals surface area contributed by atoms with Crippen molar-refractivity contribution in [2.75, 3.05) is 12.4 Å². The van der Waals surface area contributed by atoms with Crippen LogP contribution in [0.5, 0.6) is 5.75 Å². The number of carbonyl (C=O) groups is 1. The number of fused-ring (bicyclic) bond motifs is 3. The first kappa shape index (κ1) is 14.1. The molecular weight excluding hydrogens is 308 g/mol. The molecule has 24 heavy (non-hydrogen) atoms. The van der Waals surface area contributed by atoms with Crippen LogP contribution in [0.1, 0.15) is 10.5 Å². The molecule has 0 spiro atoms. The highest BCUT2D eigenvalue weighted by Gasteiger charge is 2.12. The minimum absolute atomic E-state index is 0.253. The second-order valence-electron chi connectivity index (χ2n) is 5.00. The number of hydrogen-bond acceptors (Lipinski definition) is 6. The van der Waals surface area contributed by atoms with Crippen LogP contribution in [0, 0.1) is 0 Å². The van der Waals surface area contributed by atoms with E-state index in [1.54, 1.807) is 31.6 Å². The number of ether oxygens (including phenoxy) is 1. The highest BCUT2D eigenvalue weighted by molar-refractivity contribution is 6.02. The maximum Gasteiger partial charge on any atom is 0.275 e. The summed E-state index contributed by atoms with van der Waals surface area (Å²) >= 11 is 0. The average molecular weight is 320 g/mol. The van der Waals surface area contributed by atoms with Crippen LogP contribution in [0.15, 0.2) is 49.1 Å². The number of nitrogens with one attached hydrogen (secondary N) is 1. The van der Waals surface area contributed by atoms with E-state index in [0.29, 0.717) is 17.3 Å². The minimum atomic E-state index is -0.360. The summed E-state index contributed by atoms with van der Waals surface area (Å²) in [6.07, 6.45) is 4.67. The number of hydrogen-bond donors (Lipinski definition) is 1. The van der Waals surface area contributed by atoms with Crippen LogP contribution in [0.4, 0.5) is 5.82 Å². The molecule has 0 aliphatic carbocycles. The first-order valence-corrected chi connectivity index (χ1v) is 7.15. The molecule has 0 bridgehead atoms. The SMILES string of the molecule is COc1ccc2c(c1)nc1nc(C(=O)Nc3ccncn3)ccn12. The highest BCUT2D eigenvalue weighted by atomic mass is 16.5. The fraction of sp³-hybridized carbons (Fsp3) is 0.0625. The molecule has 4 aromatic rings. The Balaban J connectivity index is 1.72. The minimum Gasteiger partial charge on any atom is -0.497 e. The van der Waals surface area contributed by atoms with Crippen molar-refractivity contribution in [1.29, 1.82) is 0 Å². The molecule has 1 N–H and O–H groups in total. The maximum absolute atomic E-state index is 12.3. The lowest BCUT2D eigenvalue weighted by molar-refractivity contribution is 0.102. The number of carbonyl (C=O) groups excluding carboxylic acids is 1. The molecule has 0 fully saturated rings. The summed E-state index contributed by atoms with van der Waals surface area (Å²) in [4.78, 5) is 28.8. The molecule has 0 atom stereocenters. The zero-order chi connectivity index (χ0) is 16.5. The number of anilines is 1. The first-order chi connectivity index (χ1) is 11.7. The smallest absolute Gasteiger partial charge is 0.275 e. The van der Waals surface area contributed by atoms with Gasteiger partial charge in [0.15, 0.2) is 0 Å². The van der Waals surface area contributed by atoms with Gasteiger partial charge in [0.2, 0.25) is 5.78 Å². The molecule has 118 valence electrons. The van der Waals surface area contributed by atoms with Gasteiger partial charge in [0, 0.05) is 18.5 Å². The predicted octanol–water partition coefficient (Wildman–Crippen LogP) is 1.93. The van der Waals surface area contributed by atoms with Crippen molar-refractivity contribution in [3.63, 3.8) is 0 Å². The van der Waals surface area contributed by atoms with Gasteiger partial charge in [-0.1, -0.05) is 0 Å². The fourth-order valence-corrected chi connectivity index (χ4v) is 2.38. The summed E-state index contributed by atoms with van der Waals surface area (Å²) in [5.41, 5.74) is 1.89. The Labute approximate surface area is 136 Å². The second-order valence-corrected chi connectivity index (χ2v) is 5.00. The zero-order valence-corrected chi connectivity index (χ0v) is 12.7. The van der Waals surface area contributed by atoms with Crippen LogP contribution in [0.3, 0.4) is 0 Å². The van der Waals surface area contributed by atoms with Gasteiger partial charge in [-0.2, -0.15) is 0 Å². The lowest BCUT2D eigenvalue weighted by atomic mass is 10.3. The van der Waals surface area contributed by atoms with Crippen molar-refractivity contribution >= 4 is 28.5 Å². The van der Waals surface area contributed by atoms with E-state index in [0.717, 1.165) is 11.0 Å². The van der Waals surface area contributed by atoms with Crippen molar-refractivity contribution in [3.8, 4) is 5.75 Å². The lowest BCUT2D eigenvalue weighted by Gasteiger charge is -2.03. The normalized spacial score (nSPS) is 10.9. The molecule has 0 radical (unpaired) electrons. The van der Waals surface area contributed by atoms with Crippen molar-refractivity contribution in [3.05, 3.63) is 54.7 Å². The molecule has 3 aromatic heterocycles. The number of rotatable bonds is 3. The van der Waals surface area contributed by atoms with Gasteiger partial charge in [-0.25, -0.2) is 19.9 Å². The lowest BCUT2D eigenvalue weighted by Crippen LogP contribution is -2.15. The molecule has 4 rings (SSSR count). The van der Waals surface area contributed by atoms with E-state index in [1.807, 2.05) is 22.6 Å². The molecule has 0 aliphatic heterocycles. The Morgan fingerprint density at radius 2 is 2.12 bits per heavy atom. The Bertz CT molecular complexity index is 1040. The number of methoxy groups -OCH3 is 1. The molecular formula is C16H12N6O2. The third-order valence-electron chi connectivity index (χ3n) is 3.54. The number of benzene rings is 1. The van der Waals surface area contributed by atoms with Crippen molar-refractivity contribution in [2.45, 2.75) is 0 Å². The Morgan fingerprint density at radius 1 is 1.21 bits per heavy atom. The van der Waals surface area contributed by atoms with Crippen molar-refractivity contribution in [2.24, 2.45) is 0 Å². The van der Waals surface area contributed by atoms with E-state index < -0.39 is 0 Å². The van der Waals surface area contributed by atoms with Crippen LogP contribution < -0.4 is 10.1 Å². The van der Waals surface area contributed by atoms with E-state index in [2.05, 4.69) is 25.3 Å². The number of nitrogens with zero attached hydrogens (tertiary/aromatic N) is 5. The van der Waals surface area contributed by atoms with Crippen molar-refractivity contribution < 1.29 is 9.53 Å². The van der Waals surface area contributed by atoms with E-state index in [9.17, 15) is 4.79 Å². The second kappa shape index (κ2) is 5.58. The Morgan fingerprint density at radius 3 is 2.92 bits per heavy atom. The molecule has 8 nitrogen and oxygen atoms in total. The van der Waals surface area contributed by atoms with Gasteiger partial charge < -0.3 is 10.1 Å². The van der Waals surface area contributed by atoms with Crippen LogP contribution >= 0.6 is 0 Å². The van der Waals surface area contributed by atoms with Crippen molar-refractivity contribution in [1.82, 2.24) is 24.3 Å². The van der Waals surface area contributed by atoms with Crippen LogP contribution in [-0.2, 0) is 0 Å². The molecule has 1 amide bonds. The molecule has 0 saturated heterocycles. The van der Waals surface area contributed by atoms with Gasteiger partial charge in [0.05, 0.1) is 18.1 Å². The third-order valence-corrected chi connectivity index (χ3v) is 3.54. The Kier molecular flexibility index (Phi) is 3.27. The molecule has 0 saturated carbocycles. The van der Waals surface area contributed by atoms with Crippen LogP contribution in [-0.4, -0.2) is 37.4 Å². The third kappa shape index (κ3) is 2.39.